The standard InChI is InChI=1S/C19H19F3N4O.HI/c1-2-24-19(26-12-15-9-13(10-23)7-8-16(15)20)25-11-14-5-3-4-6-17(14)27-18(21)22;/h3-9,18H,2,11-12H2,1H3,(H2,24,25,26);1H. The molecule has 0 fully saturated rings. The fraction of sp³-hybridized carbons (Fsp3) is 0.263. The number of guanidine groups is 1. The highest BCUT2D eigenvalue weighted by Gasteiger charge is 2.10. The van der Waals surface area contributed by atoms with Gasteiger partial charge in [-0.1, -0.05) is 18.2 Å². The minimum Gasteiger partial charge on any atom is -0.434 e. The predicted octanol–water partition coefficient (Wildman–Crippen LogP) is 4.17. The number of alkyl halides is 2. The average Bonchev–Trinajstić information content (AvgIpc) is 2.65. The van der Waals surface area contributed by atoms with Gasteiger partial charge in [0.05, 0.1) is 18.2 Å². The van der Waals surface area contributed by atoms with E-state index >= 15 is 0 Å². The van der Waals surface area contributed by atoms with E-state index < -0.39 is 12.4 Å². The van der Waals surface area contributed by atoms with Crippen LogP contribution in [0.3, 0.4) is 0 Å². The summed E-state index contributed by atoms with van der Waals surface area (Å²) in [7, 11) is 0. The SMILES string of the molecule is CCNC(=NCc1cc(C#N)ccc1F)NCc1ccccc1OC(F)F.I. The fourth-order valence-corrected chi connectivity index (χ4v) is 2.31. The molecular formula is C19H20F3IN4O. The molecule has 2 N–H and O–H groups in total. The summed E-state index contributed by atoms with van der Waals surface area (Å²) in [4.78, 5) is 4.28. The summed E-state index contributed by atoms with van der Waals surface area (Å²) in [6.07, 6.45) is 0. The van der Waals surface area contributed by atoms with Crippen LogP contribution in [0.2, 0.25) is 0 Å². The second-order valence-electron chi connectivity index (χ2n) is 5.45. The number of nitrogens with zero attached hydrogens (tertiary/aromatic N) is 2. The van der Waals surface area contributed by atoms with E-state index in [1.54, 1.807) is 18.2 Å². The van der Waals surface area contributed by atoms with Crippen molar-refractivity contribution in [3.05, 3.63) is 65.0 Å². The number of hydrogen-bond donors (Lipinski definition) is 2. The van der Waals surface area contributed by atoms with Gasteiger partial charge in [-0.25, -0.2) is 9.38 Å². The van der Waals surface area contributed by atoms with Crippen LogP contribution >= 0.6 is 24.0 Å². The Kier molecular flexibility index (Phi) is 10.2. The summed E-state index contributed by atoms with van der Waals surface area (Å²) in [5.74, 6) is -0.000924. The Morgan fingerprint density at radius 2 is 1.93 bits per heavy atom. The Labute approximate surface area is 178 Å². The maximum atomic E-state index is 13.9. The molecule has 150 valence electrons. The van der Waals surface area contributed by atoms with Crippen molar-refractivity contribution in [2.75, 3.05) is 6.54 Å². The summed E-state index contributed by atoms with van der Waals surface area (Å²) >= 11 is 0. The molecule has 2 aromatic carbocycles. The van der Waals surface area contributed by atoms with Gasteiger partial charge in [-0.15, -0.1) is 24.0 Å². The molecule has 0 amide bonds. The molecule has 2 rings (SSSR count). The zero-order valence-electron chi connectivity index (χ0n) is 15.1. The molecule has 0 aliphatic heterocycles. The molecule has 5 nitrogen and oxygen atoms in total. The molecule has 28 heavy (non-hydrogen) atoms. The van der Waals surface area contributed by atoms with E-state index in [4.69, 9.17) is 5.26 Å². The quantitative estimate of drug-likeness (QED) is 0.338. The van der Waals surface area contributed by atoms with Crippen LogP contribution in [-0.4, -0.2) is 19.1 Å². The summed E-state index contributed by atoms with van der Waals surface area (Å²) in [6.45, 7) is -0.284. The van der Waals surface area contributed by atoms with Gasteiger partial charge >= 0.3 is 6.61 Å². The van der Waals surface area contributed by atoms with Crippen molar-refractivity contribution in [2.45, 2.75) is 26.6 Å². The van der Waals surface area contributed by atoms with Crippen LogP contribution in [0.4, 0.5) is 13.2 Å². The maximum absolute atomic E-state index is 13.9. The molecule has 0 heterocycles. The number of hydrogen-bond acceptors (Lipinski definition) is 3. The first-order valence-electron chi connectivity index (χ1n) is 8.27. The summed E-state index contributed by atoms with van der Waals surface area (Å²) in [6, 6.07) is 12.4. The average molecular weight is 504 g/mol. The number of rotatable bonds is 7. The maximum Gasteiger partial charge on any atom is 0.387 e. The van der Waals surface area contributed by atoms with E-state index in [2.05, 4.69) is 20.4 Å². The van der Waals surface area contributed by atoms with Gasteiger partial charge in [-0.05, 0) is 31.2 Å². The van der Waals surface area contributed by atoms with Crippen molar-refractivity contribution in [2.24, 2.45) is 4.99 Å². The summed E-state index contributed by atoms with van der Waals surface area (Å²) in [5, 5.41) is 14.9. The van der Waals surface area contributed by atoms with E-state index in [0.29, 0.717) is 23.6 Å². The Morgan fingerprint density at radius 1 is 1.18 bits per heavy atom. The van der Waals surface area contributed by atoms with Gasteiger partial charge in [0.25, 0.3) is 0 Å². The molecule has 0 unspecified atom stereocenters. The number of aliphatic imine (C=N–C) groups is 1. The minimum absolute atomic E-state index is 0. The van der Waals surface area contributed by atoms with Gasteiger partial charge in [-0.2, -0.15) is 14.0 Å². The smallest absolute Gasteiger partial charge is 0.387 e. The van der Waals surface area contributed by atoms with E-state index in [1.807, 2.05) is 13.0 Å². The molecule has 9 heteroatoms. The topological polar surface area (TPSA) is 69.4 Å². The third kappa shape index (κ3) is 7.26. The highest BCUT2D eigenvalue weighted by atomic mass is 127. The van der Waals surface area contributed by atoms with Gasteiger partial charge in [0.2, 0.25) is 0 Å². The van der Waals surface area contributed by atoms with Crippen LogP contribution < -0.4 is 15.4 Å². The highest BCUT2D eigenvalue weighted by Crippen LogP contribution is 2.20. The Hall–Kier alpha value is -2.48. The number of nitriles is 1. The zero-order valence-corrected chi connectivity index (χ0v) is 17.4. The van der Waals surface area contributed by atoms with Gasteiger partial charge in [0.1, 0.15) is 11.6 Å². The Balaban J connectivity index is 0.00000392. The van der Waals surface area contributed by atoms with E-state index in [9.17, 15) is 13.2 Å². The van der Waals surface area contributed by atoms with E-state index in [0.717, 1.165) is 0 Å². The molecule has 0 saturated carbocycles. The first-order chi connectivity index (χ1) is 13.0. The predicted molar refractivity (Wildman–Crippen MR) is 111 cm³/mol. The minimum atomic E-state index is -2.91. The number of ether oxygens (including phenoxy) is 1. The fourth-order valence-electron chi connectivity index (χ4n) is 2.31. The van der Waals surface area contributed by atoms with Crippen LogP contribution in [0.25, 0.3) is 0 Å². The van der Waals surface area contributed by atoms with E-state index in [1.165, 1.54) is 24.3 Å². The third-order valence-electron chi connectivity index (χ3n) is 3.56. The number of halogens is 4. The van der Waals surface area contributed by atoms with Crippen LogP contribution in [-0.2, 0) is 13.1 Å². The molecule has 0 spiro atoms. The Morgan fingerprint density at radius 3 is 2.61 bits per heavy atom. The number of nitrogens with one attached hydrogen (secondary N) is 2. The lowest BCUT2D eigenvalue weighted by Crippen LogP contribution is -2.36. The molecule has 0 atom stereocenters. The first-order valence-corrected chi connectivity index (χ1v) is 8.27. The second-order valence-corrected chi connectivity index (χ2v) is 5.45. The highest BCUT2D eigenvalue weighted by molar-refractivity contribution is 14.0. The summed E-state index contributed by atoms with van der Waals surface area (Å²) in [5.41, 5.74) is 1.16. The zero-order chi connectivity index (χ0) is 19.6. The largest absolute Gasteiger partial charge is 0.434 e. The van der Waals surface area contributed by atoms with Crippen LogP contribution in [0, 0.1) is 17.1 Å². The van der Waals surface area contributed by atoms with Gasteiger partial charge in [0.15, 0.2) is 5.96 Å². The van der Waals surface area contributed by atoms with Gasteiger partial charge < -0.3 is 15.4 Å². The van der Waals surface area contributed by atoms with Crippen molar-refractivity contribution in [3.63, 3.8) is 0 Å². The van der Waals surface area contributed by atoms with Crippen LogP contribution in [0.5, 0.6) is 5.75 Å². The third-order valence-corrected chi connectivity index (χ3v) is 3.56. The van der Waals surface area contributed by atoms with Crippen molar-refractivity contribution in [1.29, 1.82) is 5.26 Å². The first kappa shape index (κ1) is 23.6. The molecule has 0 aliphatic carbocycles. The van der Waals surface area contributed by atoms with Crippen molar-refractivity contribution < 1.29 is 17.9 Å². The molecular weight excluding hydrogens is 484 g/mol. The second kappa shape index (κ2) is 12.1. The van der Waals surface area contributed by atoms with Gasteiger partial charge in [0, 0.05) is 24.2 Å². The lowest BCUT2D eigenvalue weighted by molar-refractivity contribution is -0.0504. The number of benzene rings is 2. The van der Waals surface area contributed by atoms with Crippen molar-refractivity contribution in [3.8, 4) is 11.8 Å². The van der Waals surface area contributed by atoms with Gasteiger partial charge in [-0.3, -0.25) is 0 Å². The lowest BCUT2D eigenvalue weighted by Gasteiger charge is -2.14. The number of para-hydroxylation sites is 1. The molecule has 0 aromatic heterocycles. The van der Waals surface area contributed by atoms with Crippen molar-refractivity contribution >= 4 is 29.9 Å². The van der Waals surface area contributed by atoms with Crippen molar-refractivity contribution in [1.82, 2.24) is 10.6 Å². The summed E-state index contributed by atoms with van der Waals surface area (Å²) < 4.78 is 43.3. The molecule has 0 aliphatic rings. The van der Waals surface area contributed by atoms with E-state index in [-0.39, 0.29) is 48.4 Å². The molecule has 0 radical (unpaired) electrons. The monoisotopic (exact) mass is 504 g/mol. The van der Waals surface area contributed by atoms with Crippen LogP contribution in [0.1, 0.15) is 23.6 Å². The normalized spacial score (nSPS) is 10.8. The Bertz CT molecular complexity index is 840. The molecule has 2 aromatic rings. The molecule has 0 saturated heterocycles. The van der Waals surface area contributed by atoms with Crippen LogP contribution in [0.15, 0.2) is 47.5 Å². The molecule has 0 bridgehead atoms. The lowest BCUT2D eigenvalue weighted by atomic mass is 10.1.